The third-order valence-electron chi connectivity index (χ3n) is 2.70. The lowest BCUT2D eigenvalue weighted by Gasteiger charge is -2.14. The lowest BCUT2D eigenvalue weighted by Crippen LogP contribution is -2.12. The van der Waals surface area contributed by atoms with Crippen molar-refractivity contribution in [3.8, 4) is 5.69 Å². The van der Waals surface area contributed by atoms with Gasteiger partial charge in [-0.1, -0.05) is 32.5 Å². The Bertz CT molecular complexity index is 603. The summed E-state index contributed by atoms with van der Waals surface area (Å²) in [6.07, 6.45) is 3.39. The van der Waals surface area contributed by atoms with Crippen molar-refractivity contribution in [1.29, 1.82) is 0 Å². The van der Waals surface area contributed by atoms with Gasteiger partial charge < -0.3 is 5.11 Å². The molecule has 0 amide bonds. The SMILES string of the molecule is CC(C)(C)c1cc(SCC(=O)O)n(-c2ccncc2)n1. The maximum absolute atomic E-state index is 10.8. The number of hydrogen-bond acceptors (Lipinski definition) is 4. The first-order valence-electron chi connectivity index (χ1n) is 6.23. The Hall–Kier alpha value is -1.82. The average Bonchev–Trinajstić information content (AvgIpc) is 2.81. The van der Waals surface area contributed by atoms with E-state index in [0.717, 1.165) is 16.4 Å². The predicted molar refractivity (Wildman–Crippen MR) is 78.4 cm³/mol. The molecular formula is C14H17N3O2S. The summed E-state index contributed by atoms with van der Waals surface area (Å²) >= 11 is 1.27. The largest absolute Gasteiger partial charge is 0.481 e. The van der Waals surface area contributed by atoms with Crippen LogP contribution in [0, 0.1) is 0 Å². The summed E-state index contributed by atoms with van der Waals surface area (Å²) in [6, 6.07) is 5.66. The molecule has 0 saturated carbocycles. The molecule has 0 aromatic carbocycles. The van der Waals surface area contributed by atoms with Gasteiger partial charge in [0.1, 0.15) is 5.03 Å². The highest BCUT2D eigenvalue weighted by molar-refractivity contribution is 7.99. The third kappa shape index (κ3) is 3.39. The first-order valence-corrected chi connectivity index (χ1v) is 7.22. The van der Waals surface area contributed by atoms with E-state index in [1.807, 2.05) is 18.2 Å². The second kappa shape index (κ2) is 5.66. The summed E-state index contributed by atoms with van der Waals surface area (Å²) in [4.78, 5) is 14.8. The first-order chi connectivity index (χ1) is 9.38. The number of carbonyl (C=O) groups is 1. The minimum Gasteiger partial charge on any atom is -0.481 e. The van der Waals surface area contributed by atoms with E-state index in [2.05, 4.69) is 30.9 Å². The summed E-state index contributed by atoms with van der Waals surface area (Å²) in [6.45, 7) is 6.24. The van der Waals surface area contributed by atoms with E-state index in [9.17, 15) is 4.79 Å². The van der Waals surface area contributed by atoms with Gasteiger partial charge in [-0.05, 0) is 18.2 Å². The minimum absolute atomic E-state index is 0.0142. The monoisotopic (exact) mass is 291 g/mol. The van der Waals surface area contributed by atoms with Crippen molar-refractivity contribution in [1.82, 2.24) is 14.8 Å². The topological polar surface area (TPSA) is 68.0 Å². The van der Waals surface area contributed by atoms with Crippen molar-refractivity contribution >= 4 is 17.7 Å². The molecule has 0 atom stereocenters. The maximum Gasteiger partial charge on any atom is 0.313 e. The number of carboxylic acids is 1. The third-order valence-corrected chi connectivity index (χ3v) is 3.67. The van der Waals surface area contributed by atoms with Crippen molar-refractivity contribution in [3.05, 3.63) is 36.3 Å². The molecule has 5 nitrogen and oxygen atoms in total. The van der Waals surface area contributed by atoms with Crippen LogP contribution in [-0.4, -0.2) is 31.6 Å². The fraction of sp³-hybridized carbons (Fsp3) is 0.357. The van der Waals surface area contributed by atoms with Crippen LogP contribution in [0.1, 0.15) is 26.5 Å². The first kappa shape index (κ1) is 14.6. The summed E-state index contributed by atoms with van der Waals surface area (Å²) in [5, 5.41) is 14.3. The van der Waals surface area contributed by atoms with Crippen LogP contribution in [0.4, 0.5) is 0 Å². The molecule has 0 spiro atoms. The van der Waals surface area contributed by atoms with Crippen molar-refractivity contribution in [2.75, 3.05) is 5.75 Å². The lowest BCUT2D eigenvalue weighted by molar-refractivity contribution is -0.133. The Morgan fingerprint density at radius 3 is 2.55 bits per heavy atom. The van der Waals surface area contributed by atoms with Crippen LogP contribution in [0.3, 0.4) is 0 Å². The van der Waals surface area contributed by atoms with Gasteiger partial charge in [-0.2, -0.15) is 5.10 Å². The minimum atomic E-state index is -0.838. The van der Waals surface area contributed by atoms with Crippen LogP contribution in [0.25, 0.3) is 5.69 Å². The number of nitrogens with zero attached hydrogens (tertiary/aromatic N) is 3. The second-order valence-electron chi connectivity index (χ2n) is 5.42. The number of hydrogen-bond donors (Lipinski definition) is 1. The normalized spacial score (nSPS) is 11.6. The lowest BCUT2D eigenvalue weighted by atomic mass is 9.93. The van der Waals surface area contributed by atoms with Gasteiger partial charge >= 0.3 is 5.97 Å². The van der Waals surface area contributed by atoms with E-state index in [4.69, 9.17) is 5.11 Å². The highest BCUT2D eigenvalue weighted by Crippen LogP contribution is 2.28. The summed E-state index contributed by atoms with van der Waals surface area (Å²) in [5.74, 6) is -0.824. The Balaban J connectivity index is 2.42. The van der Waals surface area contributed by atoms with Crippen LogP contribution in [0.15, 0.2) is 35.6 Å². The van der Waals surface area contributed by atoms with Crippen LogP contribution in [-0.2, 0) is 10.2 Å². The second-order valence-corrected chi connectivity index (χ2v) is 6.41. The molecule has 106 valence electrons. The zero-order valence-electron chi connectivity index (χ0n) is 11.7. The number of pyridine rings is 1. The molecule has 0 aliphatic carbocycles. The van der Waals surface area contributed by atoms with Gasteiger partial charge in [0.05, 0.1) is 17.1 Å². The quantitative estimate of drug-likeness (QED) is 0.877. The van der Waals surface area contributed by atoms with Gasteiger partial charge in [0.25, 0.3) is 0 Å². The molecule has 0 unspecified atom stereocenters. The molecule has 0 saturated heterocycles. The Morgan fingerprint density at radius 2 is 2.00 bits per heavy atom. The number of carboxylic acid groups (broad SMARTS) is 1. The Labute approximate surface area is 122 Å². The molecule has 0 aliphatic rings. The van der Waals surface area contributed by atoms with Crippen LogP contribution >= 0.6 is 11.8 Å². The summed E-state index contributed by atoms with van der Waals surface area (Å²) in [5.41, 5.74) is 1.72. The Kier molecular flexibility index (Phi) is 4.13. The van der Waals surface area contributed by atoms with E-state index < -0.39 is 5.97 Å². The van der Waals surface area contributed by atoms with E-state index in [1.54, 1.807) is 17.1 Å². The van der Waals surface area contributed by atoms with Gasteiger partial charge in [-0.3, -0.25) is 9.78 Å². The van der Waals surface area contributed by atoms with Crippen LogP contribution in [0.2, 0.25) is 0 Å². The summed E-state index contributed by atoms with van der Waals surface area (Å²) in [7, 11) is 0. The Morgan fingerprint density at radius 1 is 1.35 bits per heavy atom. The molecule has 0 aliphatic heterocycles. The highest BCUT2D eigenvalue weighted by atomic mass is 32.2. The highest BCUT2D eigenvalue weighted by Gasteiger charge is 2.21. The smallest absolute Gasteiger partial charge is 0.313 e. The van der Waals surface area contributed by atoms with E-state index in [-0.39, 0.29) is 11.2 Å². The van der Waals surface area contributed by atoms with Gasteiger partial charge in [0, 0.05) is 17.8 Å². The van der Waals surface area contributed by atoms with Gasteiger partial charge in [0.15, 0.2) is 0 Å². The van der Waals surface area contributed by atoms with Crippen LogP contribution < -0.4 is 0 Å². The van der Waals surface area contributed by atoms with E-state index in [0.29, 0.717) is 0 Å². The summed E-state index contributed by atoms with van der Waals surface area (Å²) < 4.78 is 1.77. The molecule has 0 bridgehead atoms. The zero-order chi connectivity index (χ0) is 14.8. The fourth-order valence-electron chi connectivity index (χ4n) is 1.64. The molecule has 0 radical (unpaired) electrons. The number of aromatic nitrogens is 3. The average molecular weight is 291 g/mol. The molecule has 6 heteroatoms. The number of aliphatic carboxylic acids is 1. The molecule has 2 aromatic heterocycles. The number of thioether (sulfide) groups is 1. The standard InChI is InChI=1S/C14H17N3O2S/c1-14(2,3)11-8-12(20-9-13(18)19)17(16-11)10-4-6-15-7-5-10/h4-8H,9H2,1-3H3,(H,18,19). The van der Waals surface area contributed by atoms with Crippen molar-refractivity contribution < 1.29 is 9.90 Å². The predicted octanol–water partition coefficient (Wildman–Crippen LogP) is 2.74. The molecule has 2 rings (SSSR count). The van der Waals surface area contributed by atoms with Crippen molar-refractivity contribution in [3.63, 3.8) is 0 Å². The molecule has 2 aromatic rings. The molecule has 20 heavy (non-hydrogen) atoms. The van der Waals surface area contributed by atoms with E-state index >= 15 is 0 Å². The molecule has 1 N–H and O–H groups in total. The van der Waals surface area contributed by atoms with Crippen molar-refractivity contribution in [2.24, 2.45) is 0 Å². The van der Waals surface area contributed by atoms with Crippen molar-refractivity contribution in [2.45, 2.75) is 31.2 Å². The number of rotatable bonds is 4. The zero-order valence-corrected chi connectivity index (χ0v) is 12.5. The molecule has 2 heterocycles. The fourth-order valence-corrected chi connectivity index (χ4v) is 2.37. The molecule has 0 fully saturated rings. The van der Waals surface area contributed by atoms with Crippen LogP contribution in [0.5, 0.6) is 0 Å². The maximum atomic E-state index is 10.8. The van der Waals surface area contributed by atoms with Gasteiger partial charge in [-0.15, -0.1) is 0 Å². The molecular weight excluding hydrogens is 274 g/mol. The van der Waals surface area contributed by atoms with Gasteiger partial charge in [-0.25, -0.2) is 4.68 Å². The van der Waals surface area contributed by atoms with Gasteiger partial charge in [0.2, 0.25) is 0 Å². The van der Waals surface area contributed by atoms with E-state index in [1.165, 1.54) is 11.8 Å².